The standard InChI is InChI=1S/C15H16N4O3.C14H17N3O3.CH4.K/c1-3-19-14(20)12-13(17-15(19)21)16-9-18(12)8-10-4-6-11(22-2)7-5-10;1-3-20-14(18)12-13(15)16-9-17(12)8-10-4-6-11(19-2)7-5-10;;/h4-7,9H,3,8H2,1-2H3,(H,17,21);4-7,9H,3,8,15H2,1-2H3;1H4;/q;;;+1. The Kier molecular flexibility index (Phi) is 14.1. The first-order valence-corrected chi connectivity index (χ1v) is 13.2. The molecule has 0 aliphatic rings. The summed E-state index contributed by atoms with van der Waals surface area (Å²) in [5, 5.41) is 0. The Balaban J connectivity index is 0.000000295. The number of methoxy groups -OCH3 is 2. The fourth-order valence-electron chi connectivity index (χ4n) is 4.29. The number of anilines is 1. The van der Waals surface area contributed by atoms with Crippen LogP contribution in [-0.4, -0.2) is 55.4 Å². The predicted molar refractivity (Wildman–Crippen MR) is 164 cm³/mol. The zero-order valence-corrected chi connectivity index (χ0v) is 28.0. The first kappa shape index (κ1) is 36.5. The fraction of sp³-hybridized carbons (Fsp3) is 0.300. The van der Waals surface area contributed by atoms with Crippen LogP contribution in [0.1, 0.15) is 42.9 Å². The van der Waals surface area contributed by atoms with Crippen LogP contribution in [-0.2, 0) is 24.4 Å². The molecule has 0 bridgehead atoms. The molecule has 5 aromatic rings. The number of aromatic amines is 1. The number of esters is 1. The molecule has 13 nitrogen and oxygen atoms in total. The fourth-order valence-corrected chi connectivity index (χ4v) is 4.29. The molecule has 0 aliphatic heterocycles. The Morgan fingerprint density at radius 3 is 1.89 bits per heavy atom. The van der Waals surface area contributed by atoms with E-state index in [1.165, 1.54) is 6.33 Å². The number of carbonyl (C=O) groups excluding carboxylic acids is 1. The molecule has 3 N–H and O–H groups in total. The zero-order valence-electron chi connectivity index (χ0n) is 24.9. The van der Waals surface area contributed by atoms with E-state index in [9.17, 15) is 14.4 Å². The van der Waals surface area contributed by atoms with E-state index >= 15 is 0 Å². The third kappa shape index (κ3) is 8.48. The van der Waals surface area contributed by atoms with Crippen molar-refractivity contribution in [2.45, 2.75) is 40.9 Å². The minimum absolute atomic E-state index is 0. The molecular weight excluding hydrogens is 593 g/mol. The van der Waals surface area contributed by atoms with Gasteiger partial charge in [-0.15, -0.1) is 0 Å². The second kappa shape index (κ2) is 17.0. The Morgan fingerprint density at radius 1 is 0.864 bits per heavy atom. The SMILES string of the molecule is C.CCOC(=O)c1c(N)ncn1Cc1ccc(OC)cc1.CCn1c(=O)[nH]c2ncn(Cc3ccc(OC)cc3)c2c1=O.[K+]. The molecule has 228 valence electrons. The third-order valence-electron chi connectivity index (χ3n) is 6.43. The van der Waals surface area contributed by atoms with Gasteiger partial charge < -0.3 is 29.1 Å². The van der Waals surface area contributed by atoms with Gasteiger partial charge in [0.2, 0.25) is 0 Å². The summed E-state index contributed by atoms with van der Waals surface area (Å²) < 4.78 is 19.8. The van der Waals surface area contributed by atoms with E-state index in [-0.39, 0.29) is 75.9 Å². The maximum Gasteiger partial charge on any atom is 1.00 e. The summed E-state index contributed by atoms with van der Waals surface area (Å²) in [6.07, 6.45) is 3.10. The summed E-state index contributed by atoms with van der Waals surface area (Å²) in [5.41, 5.74) is 7.97. The molecule has 0 spiro atoms. The molecule has 3 aromatic heterocycles. The Bertz CT molecular complexity index is 1770. The van der Waals surface area contributed by atoms with Crippen molar-refractivity contribution in [2.24, 2.45) is 0 Å². The van der Waals surface area contributed by atoms with Gasteiger partial charge in [-0.3, -0.25) is 14.3 Å². The van der Waals surface area contributed by atoms with Crippen LogP contribution in [0.3, 0.4) is 0 Å². The molecule has 0 fully saturated rings. The predicted octanol–water partition coefficient (Wildman–Crippen LogP) is 0.302. The summed E-state index contributed by atoms with van der Waals surface area (Å²) in [5.74, 6) is 1.27. The van der Waals surface area contributed by atoms with E-state index in [0.29, 0.717) is 37.4 Å². The summed E-state index contributed by atoms with van der Waals surface area (Å²) in [6, 6.07) is 15.1. The number of nitrogen functional groups attached to an aromatic ring is 1. The van der Waals surface area contributed by atoms with E-state index < -0.39 is 11.7 Å². The van der Waals surface area contributed by atoms with Gasteiger partial charge in [-0.1, -0.05) is 31.7 Å². The molecule has 0 atom stereocenters. The summed E-state index contributed by atoms with van der Waals surface area (Å²) >= 11 is 0. The molecule has 0 radical (unpaired) electrons. The molecular formula is C30H37KN7O6+. The number of nitrogens with one attached hydrogen (secondary N) is 1. The van der Waals surface area contributed by atoms with Crippen molar-refractivity contribution in [2.75, 3.05) is 26.6 Å². The smallest absolute Gasteiger partial charge is 0.497 e. The number of nitrogens with two attached hydrogens (primary N) is 1. The maximum absolute atomic E-state index is 12.4. The number of hydrogen-bond donors (Lipinski definition) is 2. The van der Waals surface area contributed by atoms with Gasteiger partial charge in [-0.05, 0) is 49.2 Å². The van der Waals surface area contributed by atoms with Crippen LogP contribution in [0.4, 0.5) is 5.82 Å². The van der Waals surface area contributed by atoms with Crippen LogP contribution in [0.5, 0.6) is 11.5 Å². The van der Waals surface area contributed by atoms with Crippen LogP contribution >= 0.6 is 0 Å². The molecule has 0 saturated carbocycles. The number of nitrogens with zero attached hydrogens (tertiary/aromatic N) is 5. The largest absolute Gasteiger partial charge is 1.00 e. The summed E-state index contributed by atoms with van der Waals surface area (Å²) in [6.45, 7) is 5.10. The van der Waals surface area contributed by atoms with Crippen molar-refractivity contribution in [3.8, 4) is 11.5 Å². The van der Waals surface area contributed by atoms with Crippen LogP contribution in [0.2, 0.25) is 0 Å². The van der Waals surface area contributed by atoms with Gasteiger partial charge >= 0.3 is 63.0 Å². The zero-order chi connectivity index (χ0) is 30.2. The summed E-state index contributed by atoms with van der Waals surface area (Å²) in [4.78, 5) is 46.7. The van der Waals surface area contributed by atoms with Crippen molar-refractivity contribution in [1.82, 2.24) is 28.7 Å². The second-order valence-electron chi connectivity index (χ2n) is 9.07. The van der Waals surface area contributed by atoms with Gasteiger partial charge in [0.05, 0.1) is 33.5 Å². The first-order valence-electron chi connectivity index (χ1n) is 13.2. The Morgan fingerprint density at radius 2 is 1.39 bits per heavy atom. The number of H-pyrrole nitrogens is 1. The van der Waals surface area contributed by atoms with Crippen molar-refractivity contribution in [3.05, 3.63) is 98.8 Å². The van der Waals surface area contributed by atoms with Crippen LogP contribution in [0, 0.1) is 0 Å². The van der Waals surface area contributed by atoms with Crippen LogP contribution in [0.15, 0.2) is 70.8 Å². The van der Waals surface area contributed by atoms with E-state index in [1.54, 1.807) is 43.5 Å². The van der Waals surface area contributed by atoms with Gasteiger partial charge in [0.25, 0.3) is 5.56 Å². The molecule has 44 heavy (non-hydrogen) atoms. The van der Waals surface area contributed by atoms with E-state index in [0.717, 1.165) is 27.2 Å². The van der Waals surface area contributed by atoms with E-state index in [1.807, 2.05) is 48.5 Å². The molecule has 0 unspecified atom stereocenters. The summed E-state index contributed by atoms with van der Waals surface area (Å²) in [7, 11) is 3.23. The van der Waals surface area contributed by atoms with E-state index in [2.05, 4.69) is 15.0 Å². The number of fused-ring (bicyclic) bond motifs is 1. The first-order chi connectivity index (χ1) is 20.3. The number of rotatable bonds is 9. The van der Waals surface area contributed by atoms with Crippen molar-refractivity contribution in [3.63, 3.8) is 0 Å². The quantitative estimate of drug-likeness (QED) is 0.172. The number of aromatic nitrogens is 6. The van der Waals surface area contributed by atoms with E-state index in [4.69, 9.17) is 19.9 Å². The van der Waals surface area contributed by atoms with Crippen molar-refractivity contribution < 1.29 is 70.4 Å². The average Bonchev–Trinajstić information content (AvgIpc) is 3.57. The number of imidazole rings is 2. The van der Waals surface area contributed by atoms with Gasteiger partial charge in [0.15, 0.2) is 22.7 Å². The topological polar surface area (TPSA) is 161 Å². The van der Waals surface area contributed by atoms with Crippen molar-refractivity contribution in [1.29, 1.82) is 0 Å². The van der Waals surface area contributed by atoms with Gasteiger partial charge in [-0.25, -0.2) is 19.6 Å². The molecule has 0 saturated heterocycles. The Hall–Kier alpha value is -3.69. The van der Waals surface area contributed by atoms with Crippen LogP contribution in [0.25, 0.3) is 11.2 Å². The minimum Gasteiger partial charge on any atom is -0.497 e. The average molecular weight is 631 g/mol. The van der Waals surface area contributed by atoms with Gasteiger partial charge in [0.1, 0.15) is 11.5 Å². The molecule has 0 amide bonds. The minimum atomic E-state index is -0.462. The number of ether oxygens (including phenoxy) is 3. The van der Waals surface area contributed by atoms with Gasteiger partial charge in [-0.2, -0.15) is 0 Å². The molecule has 14 heteroatoms. The normalized spacial score (nSPS) is 10.2. The Labute approximate surface area is 297 Å². The second-order valence-corrected chi connectivity index (χ2v) is 9.07. The monoisotopic (exact) mass is 630 g/mol. The number of carbonyl (C=O) groups is 1. The van der Waals surface area contributed by atoms with Gasteiger partial charge in [0, 0.05) is 19.6 Å². The molecule has 2 aromatic carbocycles. The van der Waals surface area contributed by atoms with Crippen molar-refractivity contribution >= 4 is 23.0 Å². The third-order valence-corrected chi connectivity index (χ3v) is 6.43. The molecule has 0 aliphatic carbocycles. The number of benzene rings is 2. The molecule has 5 rings (SSSR count). The molecule has 3 heterocycles. The number of hydrogen-bond acceptors (Lipinski definition) is 9. The maximum atomic E-state index is 12.4. The van der Waals surface area contributed by atoms with Crippen LogP contribution < -0.4 is 77.8 Å².